The minimum absolute atomic E-state index is 0.106. The van der Waals surface area contributed by atoms with Gasteiger partial charge >= 0.3 is 0 Å². The summed E-state index contributed by atoms with van der Waals surface area (Å²) in [5, 5.41) is 2.68. The number of methoxy groups -OCH3 is 1. The van der Waals surface area contributed by atoms with Crippen LogP contribution in [0.2, 0.25) is 0 Å². The quantitative estimate of drug-likeness (QED) is 0.815. The maximum atomic E-state index is 11.8. The number of carbonyl (C=O) groups excluding carboxylic acids is 1. The average Bonchev–Trinajstić information content (AvgIpc) is 2.35. The summed E-state index contributed by atoms with van der Waals surface area (Å²) in [6, 6.07) is 4.23. The Labute approximate surface area is 117 Å². The molecule has 0 aliphatic rings. The predicted molar refractivity (Wildman–Crippen MR) is 72.8 cm³/mol. The Bertz CT molecular complexity index is 557. The number of rotatable bonds is 6. The lowest BCUT2D eigenvalue weighted by molar-refractivity contribution is 0.0953. The van der Waals surface area contributed by atoms with Gasteiger partial charge in [0.15, 0.2) is 0 Å². The largest absolute Gasteiger partial charge is 0.380 e. The van der Waals surface area contributed by atoms with Gasteiger partial charge in [-0.05, 0) is 30.2 Å². The van der Waals surface area contributed by atoms with E-state index in [1.807, 2.05) is 6.92 Å². The van der Waals surface area contributed by atoms with Crippen LogP contribution in [0.1, 0.15) is 29.3 Å². The highest BCUT2D eigenvalue weighted by Gasteiger charge is 2.15. The molecule has 0 bridgehead atoms. The lowest BCUT2D eigenvalue weighted by Crippen LogP contribution is -2.24. The van der Waals surface area contributed by atoms with Gasteiger partial charge in [-0.2, -0.15) is 0 Å². The molecule has 7 heteroatoms. The molecule has 0 radical (unpaired) electrons. The molecule has 0 saturated heterocycles. The van der Waals surface area contributed by atoms with Crippen LogP contribution in [0.25, 0.3) is 0 Å². The van der Waals surface area contributed by atoms with Crippen molar-refractivity contribution in [3.63, 3.8) is 0 Å². The minimum Gasteiger partial charge on any atom is -0.380 e. The smallest absolute Gasteiger partial charge is 0.261 e. The van der Waals surface area contributed by atoms with Crippen LogP contribution < -0.4 is 5.32 Å². The van der Waals surface area contributed by atoms with Crippen molar-refractivity contribution >= 4 is 25.6 Å². The molecule has 0 atom stereocenters. The Kier molecular flexibility index (Phi) is 5.78. The number of halogens is 1. The highest BCUT2D eigenvalue weighted by atomic mass is 35.7. The predicted octanol–water partition coefficient (Wildman–Crippen LogP) is 1.90. The van der Waals surface area contributed by atoms with Gasteiger partial charge in [-0.3, -0.25) is 4.79 Å². The number of amides is 1. The summed E-state index contributed by atoms with van der Waals surface area (Å²) in [6.45, 7) is 2.65. The van der Waals surface area contributed by atoms with Gasteiger partial charge < -0.3 is 10.1 Å². The Morgan fingerprint density at radius 3 is 2.58 bits per heavy atom. The standard InChI is InChI=1S/C12H16ClNO4S/c1-3-4-14-12(15)10-5-9(8-18-2)6-11(7-10)19(13,16)17/h5-7H,3-4,8H2,1-2H3,(H,14,15). The topological polar surface area (TPSA) is 72.5 Å². The van der Waals surface area contributed by atoms with E-state index in [-0.39, 0.29) is 23.0 Å². The third kappa shape index (κ3) is 4.81. The van der Waals surface area contributed by atoms with E-state index in [1.54, 1.807) is 6.07 Å². The molecule has 19 heavy (non-hydrogen) atoms. The van der Waals surface area contributed by atoms with Crippen LogP contribution >= 0.6 is 10.7 Å². The number of carbonyl (C=O) groups is 1. The molecule has 1 amide bonds. The Morgan fingerprint density at radius 2 is 2.05 bits per heavy atom. The molecule has 0 aliphatic carbocycles. The average molecular weight is 306 g/mol. The summed E-state index contributed by atoms with van der Waals surface area (Å²) in [6.07, 6.45) is 0.796. The van der Waals surface area contributed by atoms with Crippen LogP contribution in [0.15, 0.2) is 23.1 Å². The number of hydrogen-bond donors (Lipinski definition) is 1. The lowest BCUT2D eigenvalue weighted by atomic mass is 10.1. The zero-order valence-electron chi connectivity index (χ0n) is 10.8. The van der Waals surface area contributed by atoms with Crippen molar-refractivity contribution in [1.82, 2.24) is 5.32 Å². The van der Waals surface area contributed by atoms with Crippen molar-refractivity contribution in [2.75, 3.05) is 13.7 Å². The van der Waals surface area contributed by atoms with E-state index in [0.29, 0.717) is 12.1 Å². The fourth-order valence-electron chi connectivity index (χ4n) is 1.52. The van der Waals surface area contributed by atoms with Gasteiger partial charge in [0.2, 0.25) is 0 Å². The van der Waals surface area contributed by atoms with E-state index in [4.69, 9.17) is 15.4 Å². The first-order valence-corrected chi connectivity index (χ1v) is 8.05. The maximum absolute atomic E-state index is 11.8. The molecule has 5 nitrogen and oxygen atoms in total. The first kappa shape index (κ1) is 15.9. The van der Waals surface area contributed by atoms with Gasteiger partial charge in [0.1, 0.15) is 0 Å². The molecule has 0 aliphatic heterocycles. The summed E-state index contributed by atoms with van der Waals surface area (Å²) >= 11 is 0. The van der Waals surface area contributed by atoms with E-state index in [2.05, 4.69) is 5.32 Å². The van der Waals surface area contributed by atoms with Crippen LogP contribution in [0.4, 0.5) is 0 Å². The summed E-state index contributed by atoms with van der Waals surface area (Å²) < 4.78 is 27.7. The molecule has 1 aromatic carbocycles. The fourth-order valence-corrected chi connectivity index (χ4v) is 2.35. The molecule has 1 N–H and O–H groups in total. The lowest BCUT2D eigenvalue weighted by Gasteiger charge is -2.08. The number of hydrogen-bond acceptors (Lipinski definition) is 4. The van der Waals surface area contributed by atoms with Crippen LogP contribution in [-0.2, 0) is 20.4 Å². The second-order valence-corrected chi connectivity index (χ2v) is 6.56. The molecule has 0 unspecified atom stereocenters. The highest BCUT2D eigenvalue weighted by molar-refractivity contribution is 8.13. The number of nitrogens with one attached hydrogen (secondary N) is 1. The van der Waals surface area contributed by atoms with E-state index in [0.717, 1.165) is 6.42 Å². The van der Waals surface area contributed by atoms with E-state index in [9.17, 15) is 13.2 Å². The van der Waals surface area contributed by atoms with Crippen molar-refractivity contribution < 1.29 is 17.9 Å². The van der Waals surface area contributed by atoms with E-state index in [1.165, 1.54) is 19.2 Å². The van der Waals surface area contributed by atoms with Gasteiger partial charge in [-0.15, -0.1) is 0 Å². The Morgan fingerprint density at radius 1 is 1.37 bits per heavy atom. The highest BCUT2D eigenvalue weighted by Crippen LogP contribution is 2.19. The first-order chi connectivity index (χ1) is 8.88. The summed E-state index contributed by atoms with van der Waals surface area (Å²) in [7, 11) is 2.91. The van der Waals surface area contributed by atoms with Gasteiger partial charge in [0.05, 0.1) is 11.5 Å². The normalized spacial score (nSPS) is 11.3. The molecule has 1 rings (SSSR count). The van der Waals surface area contributed by atoms with Crippen LogP contribution in [0, 0.1) is 0 Å². The summed E-state index contributed by atoms with van der Waals surface area (Å²) in [5.74, 6) is -0.332. The second kappa shape index (κ2) is 6.88. The number of ether oxygens (including phenoxy) is 1. The van der Waals surface area contributed by atoms with Crippen LogP contribution in [0.5, 0.6) is 0 Å². The molecule has 0 fully saturated rings. The number of benzene rings is 1. The molecule has 0 heterocycles. The molecule has 106 valence electrons. The van der Waals surface area contributed by atoms with Crippen molar-refractivity contribution in [2.24, 2.45) is 0 Å². The second-order valence-electron chi connectivity index (χ2n) is 3.99. The van der Waals surface area contributed by atoms with Gasteiger partial charge in [-0.25, -0.2) is 8.42 Å². The maximum Gasteiger partial charge on any atom is 0.261 e. The Balaban J connectivity index is 3.16. The molecule has 1 aromatic rings. The summed E-state index contributed by atoms with van der Waals surface area (Å²) in [5.41, 5.74) is 0.827. The van der Waals surface area contributed by atoms with E-state index < -0.39 is 9.05 Å². The van der Waals surface area contributed by atoms with Crippen molar-refractivity contribution in [3.8, 4) is 0 Å². The molecule has 0 saturated carbocycles. The third-order valence-corrected chi connectivity index (χ3v) is 3.69. The zero-order chi connectivity index (χ0) is 14.5. The third-order valence-electron chi connectivity index (χ3n) is 2.36. The molecular formula is C12H16ClNO4S. The van der Waals surface area contributed by atoms with Gasteiger partial charge in [0, 0.05) is 29.9 Å². The van der Waals surface area contributed by atoms with Crippen LogP contribution in [-0.4, -0.2) is 28.0 Å². The SMILES string of the molecule is CCCNC(=O)c1cc(COC)cc(S(=O)(=O)Cl)c1. The van der Waals surface area contributed by atoms with Crippen molar-refractivity contribution in [2.45, 2.75) is 24.8 Å². The Hall–Kier alpha value is -1.11. The van der Waals surface area contributed by atoms with Gasteiger partial charge in [-0.1, -0.05) is 6.92 Å². The zero-order valence-corrected chi connectivity index (χ0v) is 12.3. The van der Waals surface area contributed by atoms with Crippen molar-refractivity contribution in [3.05, 3.63) is 29.3 Å². The van der Waals surface area contributed by atoms with Gasteiger partial charge in [0.25, 0.3) is 15.0 Å². The molecule has 0 spiro atoms. The molecular weight excluding hydrogens is 290 g/mol. The minimum atomic E-state index is -3.88. The van der Waals surface area contributed by atoms with Crippen molar-refractivity contribution in [1.29, 1.82) is 0 Å². The monoisotopic (exact) mass is 305 g/mol. The first-order valence-electron chi connectivity index (χ1n) is 5.74. The fraction of sp³-hybridized carbons (Fsp3) is 0.417. The summed E-state index contributed by atoms with van der Waals surface area (Å²) in [4.78, 5) is 11.7. The van der Waals surface area contributed by atoms with Crippen LogP contribution in [0.3, 0.4) is 0 Å². The van der Waals surface area contributed by atoms with E-state index >= 15 is 0 Å². The molecule has 0 aromatic heterocycles.